The van der Waals surface area contributed by atoms with Crippen LogP contribution in [0.4, 0.5) is 0 Å². The van der Waals surface area contributed by atoms with Gasteiger partial charge < -0.3 is 14.2 Å². The molecule has 0 bridgehead atoms. The number of carbonyl (C=O) groups excluding carboxylic acids is 3. The van der Waals surface area contributed by atoms with Gasteiger partial charge in [-0.15, -0.1) is 0 Å². The molecule has 0 rings (SSSR count). The number of esters is 3. The molecule has 6 heteroatoms. The van der Waals surface area contributed by atoms with Crippen molar-refractivity contribution in [1.82, 2.24) is 0 Å². The zero-order valence-corrected chi connectivity index (χ0v) is 43.9. The summed E-state index contributed by atoms with van der Waals surface area (Å²) in [5.41, 5.74) is 0. The Balaban J connectivity index is 4.07. The van der Waals surface area contributed by atoms with Gasteiger partial charge >= 0.3 is 17.9 Å². The van der Waals surface area contributed by atoms with E-state index in [9.17, 15) is 14.4 Å². The summed E-state index contributed by atoms with van der Waals surface area (Å²) in [5, 5.41) is 0. The Morgan fingerprint density at radius 2 is 0.597 bits per heavy atom. The van der Waals surface area contributed by atoms with Gasteiger partial charge in [0.1, 0.15) is 13.2 Å². The molecule has 0 aliphatic heterocycles. The monoisotopic (exact) mass is 933 g/mol. The number of hydrogen-bond acceptors (Lipinski definition) is 6. The standard InChI is InChI=1S/C61H104O6/c1-4-7-10-13-16-18-20-22-24-25-26-27-28-29-30-31-32-33-34-35-36-37-38-40-41-43-45-48-51-54-60(63)66-57-58(56-65-59(62)53-50-47-15-12-9-6-3)67-61(64)55-52-49-46-44-42-39-23-21-19-17-14-11-8-5-2/h7,10,14,16-18,21-24,26-27,29-30,58H,4-6,8-9,11-13,15,19-20,25,28,31-57H2,1-3H3/b10-7-,17-14-,18-16-,23-21-,24-22-,27-26-,30-29-. The van der Waals surface area contributed by atoms with Crippen molar-refractivity contribution in [2.45, 2.75) is 271 Å². The summed E-state index contributed by atoms with van der Waals surface area (Å²) in [6.07, 6.45) is 71.8. The summed E-state index contributed by atoms with van der Waals surface area (Å²) in [5.74, 6) is -0.904. The molecule has 6 nitrogen and oxygen atoms in total. The molecule has 0 saturated carbocycles. The number of ether oxygens (including phenoxy) is 3. The number of hydrogen-bond donors (Lipinski definition) is 0. The topological polar surface area (TPSA) is 78.9 Å². The van der Waals surface area contributed by atoms with Crippen LogP contribution in [0.25, 0.3) is 0 Å². The first-order chi connectivity index (χ1) is 33.0. The molecule has 67 heavy (non-hydrogen) atoms. The Morgan fingerprint density at radius 3 is 0.955 bits per heavy atom. The average Bonchev–Trinajstić information content (AvgIpc) is 3.33. The summed E-state index contributed by atoms with van der Waals surface area (Å²) in [6, 6.07) is 0. The molecule has 0 aromatic heterocycles. The van der Waals surface area contributed by atoms with Gasteiger partial charge in [0.05, 0.1) is 0 Å². The minimum Gasteiger partial charge on any atom is -0.462 e. The number of rotatable bonds is 50. The van der Waals surface area contributed by atoms with E-state index in [1.807, 2.05) is 0 Å². The van der Waals surface area contributed by atoms with Crippen LogP contribution in [0.2, 0.25) is 0 Å². The van der Waals surface area contributed by atoms with E-state index in [-0.39, 0.29) is 31.1 Å². The Bertz CT molecular complexity index is 1300. The quantitative estimate of drug-likeness (QED) is 0.0262. The van der Waals surface area contributed by atoms with Gasteiger partial charge in [0.15, 0.2) is 6.10 Å². The lowest BCUT2D eigenvalue weighted by Gasteiger charge is -2.18. The zero-order valence-electron chi connectivity index (χ0n) is 43.9. The first kappa shape index (κ1) is 63.6. The van der Waals surface area contributed by atoms with Crippen molar-refractivity contribution < 1.29 is 28.6 Å². The van der Waals surface area contributed by atoms with Gasteiger partial charge in [-0.05, 0) is 89.9 Å². The third-order valence-corrected chi connectivity index (χ3v) is 11.9. The van der Waals surface area contributed by atoms with E-state index >= 15 is 0 Å². The van der Waals surface area contributed by atoms with Crippen molar-refractivity contribution in [1.29, 1.82) is 0 Å². The van der Waals surface area contributed by atoms with Crippen molar-refractivity contribution in [3.8, 4) is 0 Å². The highest BCUT2D eigenvalue weighted by Crippen LogP contribution is 2.15. The van der Waals surface area contributed by atoms with Crippen LogP contribution in [0, 0.1) is 0 Å². The molecule has 1 unspecified atom stereocenters. The largest absolute Gasteiger partial charge is 0.462 e. The fourth-order valence-corrected chi connectivity index (χ4v) is 7.66. The van der Waals surface area contributed by atoms with E-state index in [4.69, 9.17) is 14.2 Å². The minimum absolute atomic E-state index is 0.0812. The summed E-state index contributed by atoms with van der Waals surface area (Å²) in [6.45, 7) is 6.42. The highest BCUT2D eigenvalue weighted by molar-refractivity contribution is 5.71. The van der Waals surface area contributed by atoms with Gasteiger partial charge in [-0.1, -0.05) is 241 Å². The molecule has 0 aromatic carbocycles. The molecular weight excluding hydrogens is 829 g/mol. The molecule has 384 valence electrons. The summed E-state index contributed by atoms with van der Waals surface area (Å²) < 4.78 is 16.7. The smallest absolute Gasteiger partial charge is 0.306 e. The van der Waals surface area contributed by atoms with Crippen LogP contribution in [0.5, 0.6) is 0 Å². The van der Waals surface area contributed by atoms with E-state index in [2.05, 4.69) is 106 Å². The summed E-state index contributed by atoms with van der Waals surface area (Å²) in [4.78, 5) is 37.8. The second-order valence-corrected chi connectivity index (χ2v) is 18.5. The normalized spacial score (nSPS) is 12.7. The lowest BCUT2D eigenvalue weighted by atomic mass is 10.0. The number of unbranched alkanes of at least 4 members (excludes halogenated alkanes) is 25. The van der Waals surface area contributed by atoms with Crippen molar-refractivity contribution in [2.75, 3.05) is 13.2 Å². The predicted octanol–water partition coefficient (Wildman–Crippen LogP) is 18.8. The second-order valence-electron chi connectivity index (χ2n) is 18.5. The highest BCUT2D eigenvalue weighted by Gasteiger charge is 2.19. The first-order valence-electron chi connectivity index (χ1n) is 28.1. The molecule has 0 spiro atoms. The van der Waals surface area contributed by atoms with Crippen LogP contribution in [-0.2, 0) is 28.6 Å². The van der Waals surface area contributed by atoms with Crippen LogP contribution < -0.4 is 0 Å². The Hall–Kier alpha value is -3.41. The number of allylic oxidation sites excluding steroid dienone is 14. The van der Waals surface area contributed by atoms with Gasteiger partial charge in [-0.3, -0.25) is 14.4 Å². The van der Waals surface area contributed by atoms with E-state index in [0.717, 1.165) is 116 Å². The molecule has 0 N–H and O–H groups in total. The maximum absolute atomic E-state index is 12.7. The lowest BCUT2D eigenvalue weighted by Crippen LogP contribution is -2.30. The third kappa shape index (κ3) is 53.4. The Labute approximate surface area is 414 Å². The van der Waals surface area contributed by atoms with Gasteiger partial charge in [0, 0.05) is 19.3 Å². The Kier molecular flexibility index (Phi) is 52.4. The SMILES string of the molecule is CC/C=C\C/C=C\C/C=C\C/C=C\C/C=C\CCCCCCCCCCCCCCCC(=O)OCC(COC(=O)CCCCCCCC)OC(=O)CCCCCCC/C=C\C/C=C\CCCC. The van der Waals surface area contributed by atoms with Crippen molar-refractivity contribution >= 4 is 17.9 Å². The second kappa shape index (κ2) is 55.2. The molecule has 1 atom stereocenters. The maximum atomic E-state index is 12.7. The van der Waals surface area contributed by atoms with E-state index < -0.39 is 6.10 Å². The van der Waals surface area contributed by atoms with Crippen LogP contribution >= 0.6 is 0 Å². The lowest BCUT2D eigenvalue weighted by molar-refractivity contribution is -0.167. The van der Waals surface area contributed by atoms with Crippen LogP contribution in [0.15, 0.2) is 85.1 Å². The fourth-order valence-electron chi connectivity index (χ4n) is 7.66. The van der Waals surface area contributed by atoms with E-state index in [1.165, 1.54) is 109 Å². The van der Waals surface area contributed by atoms with Crippen LogP contribution in [0.1, 0.15) is 265 Å². The van der Waals surface area contributed by atoms with Crippen LogP contribution in [0.3, 0.4) is 0 Å². The van der Waals surface area contributed by atoms with Gasteiger partial charge in [-0.2, -0.15) is 0 Å². The molecule has 0 radical (unpaired) electrons. The molecule has 0 aliphatic rings. The summed E-state index contributed by atoms with van der Waals surface area (Å²) >= 11 is 0. The van der Waals surface area contributed by atoms with Crippen molar-refractivity contribution in [3.05, 3.63) is 85.1 Å². The average molecular weight is 933 g/mol. The van der Waals surface area contributed by atoms with Crippen LogP contribution in [-0.4, -0.2) is 37.2 Å². The maximum Gasteiger partial charge on any atom is 0.306 e. The first-order valence-corrected chi connectivity index (χ1v) is 28.1. The van der Waals surface area contributed by atoms with Gasteiger partial charge in [0.2, 0.25) is 0 Å². The molecule has 0 saturated heterocycles. The molecule has 0 heterocycles. The molecule has 0 aromatic rings. The zero-order chi connectivity index (χ0) is 48.6. The number of carbonyl (C=O) groups is 3. The Morgan fingerprint density at radius 1 is 0.313 bits per heavy atom. The molecular formula is C61H104O6. The molecule has 0 fully saturated rings. The van der Waals surface area contributed by atoms with Gasteiger partial charge in [0.25, 0.3) is 0 Å². The summed E-state index contributed by atoms with van der Waals surface area (Å²) in [7, 11) is 0. The van der Waals surface area contributed by atoms with Crippen molar-refractivity contribution in [2.24, 2.45) is 0 Å². The predicted molar refractivity (Wildman–Crippen MR) is 288 cm³/mol. The minimum atomic E-state index is -0.779. The van der Waals surface area contributed by atoms with Crippen molar-refractivity contribution in [3.63, 3.8) is 0 Å². The molecule has 0 aliphatic carbocycles. The highest BCUT2D eigenvalue weighted by atomic mass is 16.6. The van der Waals surface area contributed by atoms with E-state index in [1.54, 1.807) is 0 Å². The van der Waals surface area contributed by atoms with Gasteiger partial charge in [-0.25, -0.2) is 0 Å². The van der Waals surface area contributed by atoms with E-state index in [0.29, 0.717) is 19.3 Å². The third-order valence-electron chi connectivity index (χ3n) is 11.9. The molecule has 0 amide bonds. The fraction of sp³-hybridized carbons (Fsp3) is 0.721.